The number of rotatable bonds is 4. The van der Waals surface area contributed by atoms with Crippen LogP contribution in [0.1, 0.15) is 46.1 Å². The Morgan fingerprint density at radius 3 is 2.32 bits per heavy atom. The number of ether oxygens (including phenoxy) is 1. The summed E-state index contributed by atoms with van der Waals surface area (Å²) in [6.07, 6.45) is 2.29. The molecule has 3 saturated heterocycles. The molecule has 3 heterocycles. The van der Waals surface area contributed by atoms with Crippen LogP contribution in [0.4, 0.5) is 0 Å². The third-order valence-corrected chi connectivity index (χ3v) is 7.20. The largest absolute Gasteiger partial charge is 0.494 e. The van der Waals surface area contributed by atoms with Crippen molar-refractivity contribution >= 4 is 18.4 Å². The van der Waals surface area contributed by atoms with E-state index in [2.05, 4.69) is 45.7 Å². The Morgan fingerprint density at radius 1 is 1.11 bits per heavy atom. The van der Waals surface area contributed by atoms with E-state index in [1.807, 2.05) is 18.2 Å². The van der Waals surface area contributed by atoms with Crippen LogP contribution in [-0.4, -0.2) is 61.3 Å². The van der Waals surface area contributed by atoms with Crippen molar-refractivity contribution < 1.29 is 18.8 Å². The SMILES string of the molecule is CN1C2COCC1CC(C(=O)Cc1cccc(B3OC(C)(C)C(C)(C)O3)c1)C2. The van der Waals surface area contributed by atoms with Gasteiger partial charge in [-0.3, -0.25) is 9.69 Å². The molecule has 0 spiro atoms. The maximum absolute atomic E-state index is 13.0. The molecule has 0 amide bonds. The van der Waals surface area contributed by atoms with Crippen molar-refractivity contribution in [3.05, 3.63) is 29.8 Å². The topological polar surface area (TPSA) is 48.0 Å². The highest BCUT2D eigenvalue weighted by atomic mass is 16.7. The molecule has 0 aromatic heterocycles. The van der Waals surface area contributed by atoms with E-state index in [0.29, 0.717) is 24.3 Å². The molecule has 2 bridgehead atoms. The Hall–Kier alpha value is -1.21. The van der Waals surface area contributed by atoms with Crippen LogP contribution in [0.3, 0.4) is 0 Å². The molecule has 28 heavy (non-hydrogen) atoms. The summed E-state index contributed by atoms with van der Waals surface area (Å²) < 4.78 is 18.0. The summed E-state index contributed by atoms with van der Waals surface area (Å²) in [6, 6.07) is 8.87. The molecule has 1 aromatic rings. The van der Waals surface area contributed by atoms with Gasteiger partial charge in [0.25, 0.3) is 0 Å². The lowest BCUT2D eigenvalue weighted by Crippen LogP contribution is -2.56. The first-order chi connectivity index (χ1) is 13.2. The van der Waals surface area contributed by atoms with Crippen LogP contribution in [-0.2, 0) is 25.3 Å². The molecular formula is C22H32BNO4. The van der Waals surface area contributed by atoms with Crippen molar-refractivity contribution in [2.45, 2.75) is 70.2 Å². The van der Waals surface area contributed by atoms with Crippen LogP contribution in [0, 0.1) is 5.92 Å². The molecule has 6 heteroatoms. The first-order valence-electron chi connectivity index (χ1n) is 10.4. The number of morpholine rings is 1. The van der Waals surface area contributed by atoms with Crippen molar-refractivity contribution in [3.63, 3.8) is 0 Å². The highest BCUT2D eigenvalue weighted by Crippen LogP contribution is 2.36. The smallest absolute Gasteiger partial charge is 0.399 e. The highest BCUT2D eigenvalue weighted by Gasteiger charge is 2.51. The lowest BCUT2D eigenvalue weighted by molar-refractivity contribution is -0.130. The molecule has 0 aliphatic carbocycles. The van der Waals surface area contributed by atoms with Gasteiger partial charge < -0.3 is 14.0 Å². The molecule has 3 fully saturated rings. The Bertz CT molecular complexity index is 720. The van der Waals surface area contributed by atoms with Crippen molar-refractivity contribution in [1.29, 1.82) is 0 Å². The number of carbonyl (C=O) groups excluding carboxylic acids is 1. The third kappa shape index (κ3) is 3.68. The van der Waals surface area contributed by atoms with Gasteiger partial charge in [-0.05, 0) is 58.6 Å². The number of ketones is 1. The van der Waals surface area contributed by atoms with E-state index in [9.17, 15) is 4.79 Å². The summed E-state index contributed by atoms with van der Waals surface area (Å²) in [5.74, 6) is 0.478. The number of nitrogens with zero attached hydrogens (tertiary/aromatic N) is 1. The Labute approximate surface area is 168 Å². The number of hydrogen-bond donors (Lipinski definition) is 0. The van der Waals surface area contributed by atoms with Crippen LogP contribution in [0.5, 0.6) is 0 Å². The van der Waals surface area contributed by atoms with E-state index >= 15 is 0 Å². The van der Waals surface area contributed by atoms with Gasteiger partial charge in [0.15, 0.2) is 0 Å². The summed E-state index contributed by atoms with van der Waals surface area (Å²) in [4.78, 5) is 15.4. The average Bonchev–Trinajstić information content (AvgIpc) is 2.82. The molecule has 3 aliphatic heterocycles. The summed E-state index contributed by atoms with van der Waals surface area (Å²) in [6.45, 7) is 9.71. The Kier molecular flexibility index (Phi) is 5.19. The maximum Gasteiger partial charge on any atom is 0.494 e. The highest BCUT2D eigenvalue weighted by molar-refractivity contribution is 6.62. The number of hydrogen-bond acceptors (Lipinski definition) is 5. The minimum absolute atomic E-state index is 0.135. The number of fused-ring (bicyclic) bond motifs is 2. The van der Waals surface area contributed by atoms with Crippen LogP contribution in [0.2, 0.25) is 0 Å². The first kappa shape index (κ1) is 20.1. The zero-order valence-electron chi connectivity index (χ0n) is 17.7. The molecular weight excluding hydrogens is 353 g/mol. The summed E-state index contributed by atoms with van der Waals surface area (Å²) in [5, 5.41) is 0. The lowest BCUT2D eigenvalue weighted by atomic mass is 9.77. The summed E-state index contributed by atoms with van der Waals surface area (Å²) >= 11 is 0. The first-order valence-corrected chi connectivity index (χ1v) is 10.4. The molecule has 4 rings (SSSR count). The standard InChI is InChI=1S/C22H32BNO4/c1-21(2)22(3,4)28-23(27-21)17-8-6-7-15(9-17)10-20(25)16-11-18-13-26-14-19(12-16)24(18)5/h6-9,16,18-19H,10-14H2,1-5H3. The second kappa shape index (κ2) is 7.24. The lowest BCUT2D eigenvalue weighted by Gasteiger charge is -2.46. The summed E-state index contributed by atoms with van der Waals surface area (Å²) in [5.41, 5.74) is 1.30. The van der Waals surface area contributed by atoms with Crippen LogP contribution >= 0.6 is 0 Å². The van der Waals surface area contributed by atoms with Gasteiger partial charge in [0.1, 0.15) is 5.78 Å². The number of piperidine rings is 1. The molecule has 5 nitrogen and oxygen atoms in total. The van der Waals surface area contributed by atoms with Crippen molar-refractivity contribution in [1.82, 2.24) is 4.90 Å². The molecule has 2 unspecified atom stereocenters. The van der Waals surface area contributed by atoms with E-state index in [4.69, 9.17) is 14.0 Å². The van der Waals surface area contributed by atoms with Crippen molar-refractivity contribution in [3.8, 4) is 0 Å². The Balaban J connectivity index is 1.44. The molecule has 3 aliphatic rings. The average molecular weight is 385 g/mol. The predicted molar refractivity (Wildman–Crippen MR) is 110 cm³/mol. The van der Waals surface area contributed by atoms with E-state index in [0.717, 1.165) is 37.1 Å². The number of Topliss-reactive ketones (excluding diaryl/α,β-unsaturated/α-hetero) is 1. The zero-order valence-corrected chi connectivity index (χ0v) is 17.7. The van der Waals surface area contributed by atoms with Gasteiger partial charge in [-0.1, -0.05) is 24.3 Å². The normalized spacial score (nSPS) is 31.8. The van der Waals surface area contributed by atoms with E-state index in [1.165, 1.54) is 0 Å². The number of likely N-dealkylation sites (N-methyl/N-ethyl adjacent to an activating group) is 1. The number of benzene rings is 1. The minimum Gasteiger partial charge on any atom is -0.399 e. The van der Waals surface area contributed by atoms with Gasteiger partial charge in [-0.25, -0.2) is 0 Å². The molecule has 152 valence electrons. The molecule has 2 atom stereocenters. The molecule has 0 saturated carbocycles. The van der Waals surface area contributed by atoms with Crippen LogP contribution in [0.15, 0.2) is 24.3 Å². The second-order valence-corrected chi connectivity index (χ2v) is 9.66. The Morgan fingerprint density at radius 2 is 1.71 bits per heavy atom. The van der Waals surface area contributed by atoms with Gasteiger partial charge in [-0.15, -0.1) is 0 Å². The zero-order chi connectivity index (χ0) is 20.1. The molecule has 0 radical (unpaired) electrons. The van der Waals surface area contributed by atoms with E-state index in [-0.39, 0.29) is 24.2 Å². The van der Waals surface area contributed by atoms with Gasteiger partial charge in [0.05, 0.1) is 24.4 Å². The van der Waals surface area contributed by atoms with E-state index < -0.39 is 0 Å². The fourth-order valence-corrected chi connectivity index (χ4v) is 4.53. The second-order valence-electron chi connectivity index (χ2n) is 9.66. The third-order valence-electron chi connectivity index (χ3n) is 7.20. The quantitative estimate of drug-likeness (QED) is 0.744. The van der Waals surface area contributed by atoms with E-state index in [1.54, 1.807) is 0 Å². The van der Waals surface area contributed by atoms with Crippen LogP contribution in [0.25, 0.3) is 0 Å². The van der Waals surface area contributed by atoms with Gasteiger partial charge in [0.2, 0.25) is 0 Å². The van der Waals surface area contributed by atoms with Crippen molar-refractivity contribution in [2.24, 2.45) is 5.92 Å². The maximum atomic E-state index is 13.0. The summed E-state index contributed by atoms with van der Waals surface area (Å²) in [7, 11) is 1.77. The molecule has 0 N–H and O–H groups in total. The van der Waals surface area contributed by atoms with Crippen LogP contribution < -0.4 is 5.46 Å². The molecule has 1 aromatic carbocycles. The number of carbonyl (C=O) groups is 1. The van der Waals surface area contributed by atoms with Crippen molar-refractivity contribution in [2.75, 3.05) is 20.3 Å². The predicted octanol–water partition coefficient (Wildman–Crippen LogP) is 2.21. The fraction of sp³-hybridized carbons (Fsp3) is 0.682. The van der Waals surface area contributed by atoms with Gasteiger partial charge >= 0.3 is 7.12 Å². The fourth-order valence-electron chi connectivity index (χ4n) is 4.53. The minimum atomic E-state index is -0.389. The van der Waals surface area contributed by atoms with Gasteiger partial charge in [-0.2, -0.15) is 0 Å². The monoisotopic (exact) mass is 385 g/mol. The van der Waals surface area contributed by atoms with Gasteiger partial charge in [0, 0.05) is 24.4 Å².